The van der Waals surface area contributed by atoms with Gasteiger partial charge in [0.15, 0.2) is 0 Å². The van der Waals surface area contributed by atoms with Gasteiger partial charge in [-0.1, -0.05) is 0 Å². The summed E-state index contributed by atoms with van der Waals surface area (Å²) in [4.78, 5) is 0. The molecule has 0 aliphatic heterocycles. The van der Waals surface area contributed by atoms with Gasteiger partial charge in [0.05, 0.1) is 6.10 Å². The number of benzene rings is 1. The Kier molecular flexibility index (Phi) is 2.36. The highest BCUT2D eigenvalue weighted by atomic mass is 16.5. The number of phenols is 1. The second-order valence-electron chi connectivity index (χ2n) is 4.11. The first kappa shape index (κ1) is 9.38. The second kappa shape index (κ2) is 3.52. The third-order valence-corrected chi connectivity index (χ3v) is 2.78. The largest absolute Gasteiger partial charge is 0.508 e. The van der Waals surface area contributed by atoms with Gasteiger partial charge in [0.25, 0.3) is 0 Å². The molecule has 2 heteroatoms. The van der Waals surface area contributed by atoms with Crippen molar-refractivity contribution in [2.45, 2.75) is 32.8 Å². The zero-order valence-electron chi connectivity index (χ0n) is 8.66. The Hall–Kier alpha value is -1.18. The highest BCUT2D eigenvalue weighted by molar-refractivity contribution is 5.38. The molecule has 14 heavy (non-hydrogen) atoms. The smallest absolute Gasteiger partial charge is 0.120 e. The Morgan fingerprint density at radius 1 is 1.43 bits per heavy atom. The number of hydrogen-bond donors (Lipinski definition) is 1. The van der Waals surface area contributed by atoms with Gasteiger partial charge in [-0.05, 0) is 56.4 Å². The molecule has 0 amide bonds. The van der Waals surface area contributed by atoms with Crippen LogP contribution in [0, 0.1) is 12.8 Å². The average Bonchev–Trinajstić information content (AvgIpc) is 2.94. The predicted molar refractivity (Wildman–Crippen MR) is 55.7 cm³/mol. The van der Waals surface area contributed by atoms with E-state index in [1.165, 1.54) is 12.8 Å². The van der Waals surface area contributed by atoms with Crippen molar-refractivity contribution in [3.8, 4) is 11.5 Å². The molecule has 1 fully saturated rings. The molecule has 1 aliphatic carbocycles. The van der Waals surface area contributed by atoms with Gasteiger partial charge >= 0.3 is 0 Å². The van der Waals surface area contributed by atoms with Crippen LogP contribution >= 0.6 is 0 Å². The molecule has 1 aromatic carbocycles. The van der Waals surface area contributed by atoms with E-state index in [2.05, 4.69) is 6.92 Å². The fourth-order valence-electron chi connectivity index (χ4n) is 1.58. The van der Waals surface area contributed by atoms with Crippen molar-refractivity contribution in [2.75, 3.05) is 0 Å². The quantitative estimate of drug-likeness (QED) is 0.798. The molecule has 0 spiro atoms. The van der Waals surface area contributed by atoms with E-state index in [0.717, 1.165) is 17.2 Å². The Balaban J connectivity index is 2.04. The lowest BCUT2D eigenvalue weighted by Crippen LogP contribution is -2.13. The van der Waals surface area contributed by atoms with Crippen LogP contribution in [0.3, 0.4) is 0 Å². The van der Waals surface area contributed by atoms with Gasteiger partial charge in [0.2, 0.25) is 0 Å². The minimum atomic E-state index is 0.305. The molecule has 76 valence electrons. The first-order valence-corrected chi connectivity index (χ1v) is 5.13. The zero-order chi connectivity index (χ0) is 10.1. The van der Waals surface area contributed by atoms with Gasteiger partial charge in [0.1, 0.15) is 11.5 Å². The topological polar surface area (TPSA) is 29.5 Å². The van der Waals surface area contributed by atoms with Crippen molar-refractivity contribution in [1.29, 1.82) is 0 Å². The van der Waals surface area contributed by atoms with E-state index >= 15 is 0 Å². The van der Waals surface area contributed by atoms with Crippen LogP contribution in [0.25, 0.3) is 0 Å². The fourth-order valence-corrected chi connectivity index (χ4v) is 1.58. The van der Waals surface area contributed by atoms with E-state index in [1.807, 2.05) is 19.1 Å². The van der Waals surface area contributed by atoms with Crippen molar-refractivity contribution >= 4 is 0 Å². The van der Waals surface area contributed by atoms with E-state index in [4.69, 9.17) is 4.74 Å². The minimum absolute atomic E-state index is 0.305. The van der Waals surface area contributed by atoms with Crippen molar-refractivity contribution < 1.29 is 9.84 Å². The molecule has 0 aromatic heterocycles. The second-order valence-corrected chi connectivity index (χ2v) is 4.11. The molecule has 2 nitrogen and oxygen atoms in total. The summed E-state index contributed by atoms with van der Waals surface area (Å²) in [5.41, 5.74) is 0.866. The molecular weight excluding hydrogens is 176 g/mol. The maximum atomic E-state index is 9.34. The Morgan fingerprint density at radius 2 is 2.14 bits per heavy atom. The third kappa shape index (κ3) is 2.00. The maximum Gasteiger partial charge on any atom is 0.120 e. The Morgan fingerprint density at radius 3 is 2.71 bits per heavy atom. The molecular formula is C12H16O2. The van der Waals surface area contributed by atoms with Gasteiger partial charge in [-0.25, -0.2) is 0 Å². The van der Waals surface area contributed by atoms with E-state index in [9.17, 15) is 5.11 Å². The summed E-state index contributed by atoms with van der Waals surface area (Å²) in [6, 6.07) is 5.39. The van der Waals surface area contributed by atoms with E-state index < -0.39 is 0 Å². The molecule has 1 atom stereocenters. The summed E-state index contributed by atoms with van der Waals surface area (Å²) >= 11 is 0. The van der Waals surface area contributed by atoms with Crippen molar-refractivity contribution in [2.24, 2.45) is 5.92 Å². The van der Waals surface area contributed by atoms with Crippen LogP contribution in [0.2, 0.25) is 0 Å². The van der Waals surface area contributed by atoms with Crippen LogP contribution in [0.15, 0.2) is 18.2 Å². The molecule has 1 unspecified atom stereocenters. The summed E-state index contributed by atoms with van der Waals surface area (Å²) in [6.07, 6.45) is 2.88. The standard InChI is InChI=1S/C12H16O2/c1-8-7-11(5-6-12(8)13)14-9(2)10-3-4-10/h5-7,9-10,13H,3-4H2,1-2H3. The summed E-state index contributed by atoms with van der Waals surface area (Å²) in [5, 5.41) is 9.34. The minimum Gasteiger partial charge on any atom is -0.508 e. The molecule has 0 bridgehead atoms. The monoisotopic (exact) mass is 192 g/mol. The fraction of sp³-hybridized carbons (Fsp3) is 0.500. The zero-order valence-corrected chi connectivity index (χ0v) is 8.66. The van der Waals surface area contributed by atoms with E-state index in [-0.39, 0.29) is 0 Å². The molecule has 1 aliphatic rings. The first-order chi connectivity index (χ1) is 6.66. The van der Waals surface area contributed by atoms with Crippen molar-refractivity contribution in [3.05, 3.63) is 23.8 Å². The molecule has 0 heterocycles. The average molecular weight is 192 g/mol. The lowest BCUT2D eigenvalue weighted by molar-refractivity contribution is 0.198. The van der Waals surface area contributed by atoms with Crippen LogP contribution in [-0.4, -0.2) is 11.2 Å². The highest BCUT2D eigenvalue weighted by Crippen LogP contribution is 2.35. The van der Waals surface area contributed by atoms with E-state index in [1.54, 1.807) is 6.07 Å². The van der Waals surface area contributed by atoms with Gasteiger partial charge < -0.3 is 9.84 Å². The van der Waals surface area contributed by atoms with Gasteiger partial charge in [0, 0.05) is 0 Å². The molecule has 0 radical (unpaired) electrons. The first-order valence-electron chi connectivity index (χ1n) is 5.13. The predicted octanol–water partition coefficient (Wildman–Crippen LogP) is 2.88. The molecule has 1 saturated carbocycles. The maximum absolute atomic E-state index is 9.34. The summed E-state index contributed by atoms with van der Waals surface area (Å²) in [5.74, 6) is 1.93. The lowest BCUT2D eigenvalue weighted by Gasteiger charge is -2.14. The van der Waals surface area contributed by atoms with Gasteiger partial charge in [-0.3, -0.25) is 0 Å². The number of phenolic OH excluding ortho intramolecular Hbond substituents is 1. The van der Waals surface area contributed by atoms with Gasteiger partial charge in [-0.2, -0.15) is 0 Å². The number of rotatable bonds is 3. The van der Waals surface area contributed by atoms with E-state index in [0.29, 0.717) is 11.9 Å². The van der Waals surface area contributed by atoms with Crippen molar-refractivity contribution in [3.63, 3.8) is 0 Å². The number of aryl methyl sites for hydroxylation is 1. The summed E-state index contributed by atoms with van der Waals surface area (Å²) in [7, 11) is 0. The molecule has 0 saturated heterocycles. The normalized spacial score (nSPS) is 17.9. The Labute approximate surface area is 84.5 Å². The van der Waals surface area contributed by atoms with Crippen LogP contribution in [0.1, 0.15) is 25.3 Å². The SMILES string of the molecule is Cc1cc(OC(C)C2CC2)ccc1O. The molecule has 1 N–H and O–H groups in total. The number of hydrogen-bond acceptors (Lipinski definition) is 2. The molecule has 2 rings (SSSR count). The van der Waals surface area contributed by atoms with Crippen LogP contribution in [-0.2, 0) is 0 Å². The lowest BCUT2D eigenvalue weighted by atomic mass is 10.2. The van der Waals surface area contributed by atoms with Crippen LogP contribution < -0.4 is 4.74 Å². The van der Waals surface area contributed by atoms with Crippen LogP contribution in [0.5, 0.6) is 11.5 Å². The van der Waals surface area contributed by atoms with Crippen molar-refractivity contribution in [1.82, 2.24) is 0 Å². The summed E-state index contributed by atoms with van der Waals surface area (Å²) in [6.45, 7) is 3.99. The Bertz CT molecular complexity index is 329. The van der Waals surface area contributed by atoms with Crippen LogP contribution in [0.4, 0.5) is 0 Å². The molecule has 1 aromatic rings. The third-order valence-electron chi connectivity index (χ3n) is 2.78. The van der Waals surface area contributed by atoms with Gasteiger partial charge in [-0.15, -0.1) is 0 Å². The number of ether oxygens (including phenoxy) is 1. The number of aromatic hydroxyl groups is 1. The highest BCUT2D eigenvalue weighted by Gasteiger charge is 2.29. The summed E-state index contributed by atoms with van der Waals surface area (Å²) < 4.78 is 5.76.